The molecule has 0 N–H and O–H groups in total. The lowest BCUT2D eigenvalue weighted by Gasteiger charge is -2.08. The van der Waals surface area contributed by atoms with Crippen molar-refractivity contribution in [3.8, 4) is 0 Å². The molecule has 2 atom stereocenters. The third-order valence-corrected chi connectivity index (χ3v) is 3.00. The fourth-order valence-corrected chi connectivity index (χ4v) is 2.00. The van der Waals surface area contributed by atoms with Crippen molar-refractivity contribution in [1.29, 1.82) is 0 Å². The summed E-state index contributed by atoms with van der Waals surface area (Å²) in [5.74, 6) is -0.250. The van der Waals surface area contributed by atoms with Crippen LogP contribution < -0.4 is 0 Å². The summed E-state index contributed by atoms with van der Waals surface area (Å²) in [6.45, 7) is 3.92. The zero-order chi connectivity index (χ0) is 10.6. The number of halogens is 1. The van der Waals surface area contributed by atoms with E-state index >= 15 is 0 Å². The summed E-state index contributed by atoms with van der Waals surface area (Å²) in [5, 5.41) is 0. The molecular formula is C11H19ClO2. The van der Waals surface area contributed by atoms with Gasteiger partial charge in [0.05, 0.1) is 0 Å². The Morgan fingerprint density at radius 3 is 2.71 bits per heavy atom. The fraction of sp³-hybridized carbons (Fsp3) is 0.909. The van der Waals surface area contributed by atoms with E-state index in [-0.39, 0.29) is 12.1 Å². The van der Waals surface area contributed by atoms with Gasteiger partial charge in [-0.15, -0.1) is 11.6 Å². The van der Waals surface area contributed by atoms with E-state index in [1.807, 2.05) is 0 Å². The first-order valence-corrected chi connectivity index (χ1v) is 5.84. The second kappa shape index (κ2) is 5.01. The predicted molar refractivity (Wildman–Crippen MR) is 57.5 cm³/mol. The molecule has 0 saturated carbocycles. The van der Waals surface area contributed by atoms with Crippen LogP contribution in [0.5, 0.6) is 0 Å². The molecule has 1 fully saturated rings. The predicted octanol–water partition coefficient (Wildman–Crippen LogP) is 3.27. The Labute approximate surface area is 91.0 Å². The van der Waals surface area contributed by atoms with Gasteiger partial charge in [-0.2, -0.15) is 0 Å². The SMILES string of the molecule is CCCCCC[C@H]1C[C@](C)(Cl)C(=O)O1. The Kier molecular flexibility index (Phi) is 4.24. The molecule has 0 aromatic heterocycles. The molecule has 0 radical (unpaired) electrons. The van der Waals surface area contributed by atoms with Gasteiger partial charge in [0.2, 0.25) is 0 Å². The molecule has 14 heavy (non-hydrogen) atoms. The molecule has 1 aliphatic rings. The molecular weight excluding hydrogens is 200 g/mol. The van der Waals surface area contributed by atoms with Gasteiger partial charge in [-0.3, -0.25) is 4.79 Å². The van der Waals surface area contributed by atoms with E-state index in [0.717, 1.165) is 12.8 Å². The number of alkyl halides is 1. The maximum atomic E-state index is 11.2. The minimum Gasteiger partial charge on any atom is -0.461 e. The molecule has 82 valence electrons. The Bertz CT molecular complexity index is 201. The number of unbranched alkanes of at least 4 members (excludes halogenated alkanes) is 3. The van der Waals surface area contributed by atoms with Crippen LogP contribution in [-0.2, 0) is 9.53 Å². The number of hydrogen-bond donors (Lipinski definition) is 0. The van der Waals surface area contributed by atoms with Crippen LogP contribution in [0, 0.1) is 0 Å². The minimum atomic E-state index is -0.768. The lowest BCUT2D eigenvalue weighted by Crippen LogP contribution is -2.21. The second-order valence-corrected chi connectivity index (χ2v) is 5.11. The molecule has 1 heterocycles. The van der Waals surface area contributed by atoms with E-state index in [0.29, 0.717) is 6.42 Å². The van der Waals surface area contributed by atoms with Crippen molar-refractivity contribution in [3.63, 3.8) is 0 Å². The fourth-order valence-electron chi connectivity index (χ4n) is 1.79. The maximum Gasteiger partial charge on any atom is 0.327 e. The van der Waals surface area contributed by atoms with E-state index in [9.17, 15) is 4.79 Å². The zero-order valence-electron chi connectivity index (χ0n) is 9.01. The monoisotopic (exact) mass is 218 g/mol. The van der Waals surface area contributed by atoms with Gasteiger partial charge in [-0.25, -0.2) is 0 Å². The highest BCUT2D eigenvalue weighted by Crippen LogP contribution is 2.33. The van der Waals surface area contributed by atoms with Gasteiger partial charge in [0, 0.05) is 6.42 Å². The van der Waals surface area contributed by atoms with Gasteiger partial charge in [0.1, 0.15) is 11.0 Å². The summed E-state index contributed by atoms with van der Waals surface area (Å²) in [5.41, 5.74) is 0. The van der Waals surface area contributed by atoms with Gasteiger partial charge in [0.25, 0.3) is 0 Å². The summed E-state index contributed by atoms with van der Waals surface area (Å²) in [7, 11) is 0. The largest absolute Gasteiger partial charge is 0.461 e. The number of cyclic esters (lactones) is 1. The summed E-state index contributed by atoms with van der Waals surface area (Å²) in [4.78, 5) is 10.5. The molecule has 1 rings (SSSR count). The van der Waals surface area contributed by atoms with Gasteiger partial charge < -0.3 is 4.74 Å². The smallest absolute Gasteiger partial charge is 0.327 e. The van der Waals surface area contributed by atoms with Gasteiger partial charge in [0.15, 0.2) is 0 Å². The lowest BCUT2D eigenvalue weighted by molar-refractivity contribution is -0.143. The highest BCUT2D eigenvalue weighted by Gasteiger charge is 2.43. The summed E-state index contributed by atoms with van der Waals surface area (Å²) in [6, 6.07) is 0. The summed E-state index contributed by atoms with van der Waals surface area (Å²) < 4.78 is 5.19. The van der Waals surface area contributed by atoms with E-state index < -0.39 is 4.87 Å². The molecule has 0 aliphatic carbocycles. The van der Waals surface area contributed by atoms with E-state index in [1.54, 1.807) is 6.92 Å². The van der Waals surface area contributed by atoms with Crippen molar-refractivity contribution in [2.24, 2.45) is 0 Å². The standard InChI is InChI=1S/C11H19ClO2/c1-3-4-5-6-7-9-8-11(2,12)10(13)14-9/h9H,3-8H2,1-2H3/t9-,11-/m0/s1. The molecule has 0 spiro atoms. The molecule has 2 nitrogen and oxygen atoms in total. The first kappa shape index (κ1) is 11.8. The quantitative estimate of drug-likeness (QED) is 0.402. The molecule has 0 amide bonds. The van der Waals surface area contributed by atoms with Crippen LogP contribution in [0.25, 0.3) is 0 Å². The van der Waals surface area contributed by atoms with Gasteiger partial charge in [-0.05, 0) is 19.8 Å². The number of hydrogen-bond acceptors (Lipinski definition) is 2. The second-order valence-electron chi connectivity index (χ2n) is 4.28. The summed E-state index contributed by atoms with van der Waals surface area (Å²) >= 11 is 5.98. The first-order chi connectivity index (χ1) is 6.56. The van der Waals surface area contributed by atoms with Gasteiger partial charge in [-0.1, -0.05) is 26.2 Å². The van der Waals surface area contributed by atoms with E-state index in [1.165, 1.54) is 19.3 Å². The van der Waals surface area contributed by atoms with E-state index in [2.05, 4.69) is 6.92 Å². The van der Waals surface area contributed by atoms with Crippen LogP contribution in [-0.4, -0.2) is 16.9 Å². The molecule has 0 unspecified atom stereocenters. The number of carbonyl (C=O) groups excluding carboxylic acids is 1. The van der Waals surface area contributed by atoms with Crippen LogP contribution in [0.15, 0.2) is 0 Å². The number of esters is 1. The van der Waals surface area contributed by atoms with Crippen molar-refractivity contribution in [2.75, 3.05) is 0 Å². The lowest BCUT2D eigenvalue weighted by atomic mass is 10.0. The average molecular weight is 219 g/mol. The average Bonchev–Trinajstić information content (AvgIpc) is 2.35. The van der Waals surface area contributed by atoms with Crippen LogP contribution in [0.1, 0.15) is 52.4 Å². The highest BCUT2D eigenvalue weighted by atomic mass is 35.5. The van der Waals surface area contributed by atoms with Crippen molar-refractivity contribution in [2.45, 2.75) is 63.4 Å². The Balaban J connectivity index is 2.19. The van der Waals surface area contributed by atoms with Crippen LogP contribution in [0.3, 0.4) is 0 Å². The number of carbonyl (C=O) groups is 1. The maximum absolute atomic E-state index is 11.2. The third-order valence-electron chi connectivity index (χ3n) is 2.69. The number of rotatable bonds is 5. The van der Waals surface area contributed by atoms with Gasteiger partial charge >= 0.3 is 5.97 Å². The van der Waals surface area contributed by atoms with Crippen molar-refractivity contribution in [1.82, 2.24) is 0 Å². The normalized spacial score (nSPS) is 31.9. The Morgan fingerprint density at radius 1 is 1.50 bits per heavy atom. The van der Waals surface area contributed by atoms with E-state index in [4.69, 9.17) is 16.3 Å². The molecule has 1 saturated heterocycles. The highest BCUT2D eigenvalue weighted by molar-refractivity contribution is 6.34. The molecule has 0 aromatic carbocycles. The molecule has 1 aliphatic heterocycles. The van der Waals surface area contributed by atoms with Crippen molar-refractivity contribution in [3.05, 3.63) is 0 Å². The zero-order valence-corrected chi connectivity index (χ0v) is 9.77. The van der Waals surface area contributed by atoms with Crippen LogP contribution in [0.4, 0.5) is 0 Å². The molecule has 3 heteroatoms. The molecule has 0 aromatic rings. The number of ether oxygens (including phenoxy) is 1. The van der Waals surface area contributed by atoms with Crippen LogP contribution in [0.2, 0.25) is 0 Å². The summed E-state index contributed by atoms with van der Waals surface area (Å²) in [6.07, 6.45) is 6.55. The minimum absolute atomic E-state index is 0.0573. The Morgan fingerprint density at radius 2 is 2.21 bits per heavy atom. The van der Waals surface area contributed by atoms with Crippen molar-refractivity contribution >= 4 is 17.6 Å². The topological polar surface area (TPSA) is 26.3 Å². The van der Waals surface area contributed by atoms with Crippen molar-refractivity contribution < 1.29 is 9.53 Å². The first-order valence-electron chi connectivity index (χ1n) is 5.46. The van der Waals surface area contributed by atoms with Crippen LogP contribution >= 0.6 is 11.6 Å². The molecule has 0 bridgehead atoms. The Hall–Kier alpha value is -0.240. The third kappa shape index (κ3) is 3.16.